The molecular formula is C51H66N8O8. The fraction of sp³-hybridized carbons (Fsp3) is 0.529. The minimum Gasteiger partial charge on any atom is -0.508 e. The van der Waals surface area contributed by atoms with Crippen molar-refractivity contribution in [3.8, 4) is 28.1 Å². The third-order valence-corrected chi connectivity index (χ3v) is 13.9. The van der Waals surface area contributed by atoms with Crippen LogP contribution in [0.1, 0.15) is 90.2 Å². The molecule has 6 heterocycles. The molecule has 0 saturated carbocycles. The molecule has 4 aliphatic heterocycles. The van der Waals surface area contributed by atoms with Gasteiger partial charge in [-0.2, -0.15) is 0 Å². The number of phenolic OH excluding ortho intramolecular Hbond substituents is 1. The van der Waals surface area contributed by atoms with Crippen molar-refractivity contribution >= 4 is 40.5 Å². The number of ether oxygens (including phenoxy) is 2. The van der Waals surface area contributed by atoms with Crippen molar-refractivity contribution in [2.24, 2.45) is 11.3 Å². The molecule has 67 heavy (non-hydrogen) atoms. The number of benzene rings is 2. The van der Waals surface area contributed by atoms with Crippen LogP contribution < -0.4 is 16.1 Å². The average molecular weight is 919 g/mol. The summed E-state index contributed by atoms with van der Waals surface area (Å²) in [6.07, 6.45) is 4.14. The molecule has 16 heteroatoms. The van der Waals surface area contributed by atoms with Crippen molar-refractivity contribution in [2.75, 3.05) is 40.4 Å². The van der Waals surface area contributed by atoms with Gasteiger partial charge in [-0.15, -0.1) is 0 Å². The summed E-state index contributed by atoms with van der Waals surface area (Å²) in [5.74, 6) is -2.31. The summed E-state index contributed by atoms with van der Waals surface area (Å²) in [5, 5.41) is 19.8. The zero-order valence-electron chi connectivity index (χ0n) is 40.1. The molecule has 3 saturated heterocycles. The summed E-state index contributed by atoms with van der Waals surface area (Å²) < 4.78 is 14.2. The number of cyclic esters (lactones) is 1. The lowest BCUT2D eigenvalue weighted by atomic mass is 9.84. The Hall–Kier alpha value is -5.84. The van der Waals surface area contributed by atoms with Crippen LogP contribution in [0.2, 0.25) is 0 Å². The largest absolute Gasteiger partial charge is 0.508 e. The number of likely N-dealkylation sites (N-methyl/N-ethyl adjacent to an activating group) is 1. The van der Waals surface area contributed by atoms with Gasteiger partial charge in [0, 0.05) is 74.8 Å². The second-order valence-corrected chi connectivity index (χ2v) is 19.8. The third kappa shape index (κ3) is 9.79. The Kier molecular flexibility index (Phi) is 13.8. The summed E-state index contributed by atoms with van der Waals surface area (Å²) in [6, 6.07) is 11.5. The summed E-state index contributed by atoms with van der Waals surface area (Å²) in [4.78, 5) is 78.4. The van der Waals surface area contributed by atoms with Crippen molar-refractivity contribution in [2.45, 2.75) is 123 Å². The van der Waals surface area contributed by atoms with Gasteiger partial charge in [0.1, 0.15) is 29.9 Å². The number of aromatic nitrogens is 2. The average Bonchev–Trinajstić information content (AvgIpc) is 3.97. The van der Waals surface area contributed by atoms with Crippen LogP contribution in [0.25, 0.3) is 33.3 Å². The van der Waals surface area contributed by atoms with Gasteiger partial charge >= 0.3 is 5.97 Å². The van der Waals surface area contributed by atoms with Crippen LogP contribution in [0.3, 0.4) is 0 Å². The van der Waals surface area contributed by atoms with Crippen molar-refractivity contribution in [1.29, 1.82) is 0 Å². The van der Waals surface area contributed by atoms with Crippen LogP contribution in [0.15, 0.2) is 54.7 Å². The Bertz CT molecular complexity index is 2550. The third-order valence-electron chi connectivity index (χ3n) is 13.9. The summed E-state index contributed by atoms with van der Waals surface area (Å²) in [7, 11) is 3.25. The van der Waals surface area contributed by atoms with E-state index >= 15 is 0 Å². The topological polar surface area (TPSA) is 198 Å². The SMILES string of the molecule is CCn1c(-c2cccnc2[C@H](C)OC)c2c3cc(ccc31)-c1cc(O)cc(c1)C[C@H](NC(=O)C(C(C)C)N(C)C(=O)[C@H]1CCCN1C(=O)[C@@H]1CN1)C(=O)N1CCC[C@H](N1)C(=O)OCC(C)(C)C2. The Labute approximate surface area is 392 Å². The number of amides is 4. The zero-order valence-corrected chi connectivity index (χ0v) is 40.1. The maximum absolute atomic E-state index is 14.8. The molecule has 0 spiro atoms. The van der Waals surface area contributed by atoms with Crippen molar-refractivity contribution in [3.63, 3.8) is 0 Å². The lowest BCUT2D eigenvalue weighted by Gasteiger charge is -2.37. The van der Waals surface area contributed by atoms with Crippen LogP contribution in [0, 0.1) is 11.3 Å². The summed E-state index contributed by atoms with van der Waals surface area (Å²) >= 11 is 0. The molecule has 16 nitrogen and oxygen atoms in total. The number of hydrazine groups is 1. The van der Waals surface area contributed by atoms with Crippen LogP contribution in [0.4, 0.5) is 0 Å². The van der Waals surface area contributed by atoms with E-state index < -0.39 is 47.4 Å². The number of nitrogens with one attached hydrogen (secondary N) is 3. The quantitative estimate of drug-likeness (QED) is 0.125. The molecule has 2 aromatic heterocycles. The first kappa shape index (κ1) is 47.6. The zero-order chi connectivity index (χ0) is 47.9. The first-order valence-corrected chi connectivity index (χ1v) is 23.8. The smallest absolute Gasteiger partial charge is 0.324 e. The van der Waals surface area contributed by atoms with Gasteiger partial charge in [0.05, 0.1) is 30.1 Å². The number of phenols is 1. The molecular weight excluding hydrogens is 853 g/mol. The van der Waals surface area contributed by atoms with E-state index in [1.807, 2.05) is 39.0 Å². The van der Waals surface area contributed by atoms with Crippen LogP contribution in [0.5, 0.6) is 5.75 Å². The van der Waals surface area contributed by atoms with Gasteiger partial charge < -0.3 is 39.6 Å². The maximum Gasteiger partial charge on any atom is 0.324 e. The first-order valence-electron chi connectivity index (χ1n) is 23.8. The highest BCUT2D eigenvalue weighted by molar-refractivity contribution is 5.97. The number of fused-ring (bicyclic) bond motifs is 6. The molecule has 3 fully saturated rings. The maximum atomic E-state index is 14.8. The highest BCUT2D eigenvalue weighted by atomic mass is 16.5. The van der Waals surface area contributed by atoms with Crippen LogP contribution >= 0.6 is 0 Å². The fourth-order valence-electron chi connectivity index (χ4n) is 10.3. The lowest BCUT2D eigenvalue weighted by Crippen LogP contribution is -2.62. The Balaban J connectivity index is 1.20. The number of likely N-dealkylation sites (tertiary alicyclic amines) is 1. The van der Waals surface area contributed by atoms with E-state index in [4.69, 9.17) is 14.5 Å². The minimum atomic E-state index is -1.17. The number of aryl methyl sites for hydroxylation is 1. The highest BCUT2D eigenvalue weighted by Gasteiger charge is 2.44. The van der Waals surface area contributed by atoms with Gasteiger partial charge in [0.2, 0.25) is 17.7 Å². The van der Waals surface area contributed by atoms with Gasteiger partial charge in [-0.1, -0.05) is 39.8 Å². The predicted octanol–water partition coefficient (Wildman–Crippen LogP) is 4.90. The Morgan fingerprint density at radius 2 is 1.81 bits per heavy atom. The van der Waals surface area contributed by atoms with E-state index in [2.05, 4.69) is 59.6 Å². The van der Waals surface area contributed by atoms with E-state index in [1.165, 1.54) is 9.91 Å². The van der Waals surface area contributed by atoms with Gasteiger partial charge in [0.25, 0.3) is 5.91 Å². The molecule has 6 atom stereocenters. The molecule has 4 aliphatic rings. The molecule has 0 aliphatic carbocycles. The molecule has 1 unspecified atom stereocenters. The normalized spacial score (nSPS) is 22.8. The van der Waals surface area contributed by atoms with Crippen LogP contribution in [-0.2, 0) is 52.8 Å². The standard InChI is InChI=1S/C51H66N8O8/c1-9-57-41-17-16-32-25-36(41)37(45(57)35-13-10-18-52-43(35)30(4)66-8)26-51(5,6)28-67-50(65)38-14-11-20-59(55-38)48(63)39(23-31-21-33(32)24-34(60)22-31)54-46(61)44(29(2)3)56(7)49(64)42-15-12-19-58(42)47(62)40-27-53-40/h10,13,16-18,21-22,24-25,29-30,38-40,42,44,53,55,60H,9,11-12,14-15,19-20,23,26-28H2,1-8H3,(H,54,61)/t30-,38-,39-,40-,42+,44?/m0/s1. The number of esters is 1. The Morgan fingerprint density at radius 3 is 2.52 bits per heavy atom. The van der Waals surface area contributed by atoms with E-state index in [9.17, 15) is 29.1 Å². The van der Waals surface area contributed by atoms with Crippen molar-refractivity contribution in [1.82, 2.24) is 40.4 Å². The number of carbonyl (C=O) groups is 5. The first-order chi connectivity index (χ1) is 32.0. The molecule has 0 radical (unpaired) electrons. The molecule has 6 bridgehead atoms. The van der Waals surface area contributed by atoms with Crippen molar-refractivity contribution in [3.05, 3.63) is 71.5 Å². The van der Waals surface area contributed by atoms with Gasteiger partial charge in [-0.3, -0.25) is 34.0 Å². The number of pyridine rings is 1. The number of nitrogens with zero attached hydrogens (tertiary/aromatic N) is 5. The van der Waals surface area contributed by atoms with E-state index in [-0.39, 0.29) is 55.2 Å². The van der Waals surface area contributed by atoms with Gasteiger partial charge in [-0.05, 0) is 111 Å². The molecule has 4 N–H and O–H groups in total. The number of aromatic hydroxyl groups is 1. The van der Waals surface area contributed by atoms with Gasteiger partial charge in [-0.25, -0.2) is 5.43 Å². The molecule has 358 valence electrons. The second-order valence-electron chi connectivity index (χ2n) is 19.8. The predicted molar refractivity (Wildman–Crippen MR) is 253 cm³/mol. The number of carbonyl (C=O) groups excluding carboxylic acids is 5. The second kappa shape index (κ2) is 19.4. The molecule has 4 amide bonds. The fourth-order valence-corrected chi connectivity index (χ4v) is 10.3. The monoisotopic (exact) mass is 919 g/mol. The molecule has 8 rings (SSSR count). The summed E-state index contributed by atoms with van der Waals surface area (Å²) in [6.45, 7) is 14.0. The van der Waals surface area contributed by atoms with E-state index in [0.717, 1.165) is 39.0 Å². The molecule has 2 aromatic carbocycles. The van der Waals surface area contributed by atoms with Crippen LogP contribution in [-0.4, -0.2) is 130 Å². The number of methoxy groups -OCH3 is 1. The minimum absolute atomic E-state index is 0.0115. The van der Waals surface area contributed by atoms with Crippen molar-refractivity contribution < 1.29 is 38.6 Å². The molecule has 4 aromatic rings. The number of hydrogen-bond acceptors (Lipinski definition) is 11. The number of rotatable bonds is 10. The van der Waals surface area contributed by atoms with Gasteiger partial charge in [0.15, 0.2) is 0 Å². The lowest BCUT2D eigenvalue weighted by molar-refractivity contribution is -0.155. The number of hydrogen-bond donors (Lipinski definition) is 4. The Morgan fingerprint density at radius 1 is 1.04 bits per heavy atom. The highest BCUT2D eigenvalue weighted by Crippen LogP contribution is 2.42. The van der Waals surface area contributed by atoms with E-state index in [1.54, 1.807) is 37.4 Å². The van der Waals surface area contributed by atoms with E-state index in [0.29, 0.717) is 62.9 Å². The summed E-state index contributed by atoms with van der Waals surface area (Å²) in [5.41, 5.74) is 9.54.